The number of fused-ring (bicyclic) bond motifs is 1. The van der Waals surface area contributed by atoms with Crippen LogP contribution in [0.25, 0.3) is 10.9 Å². The maximum Gasteiger partial charge on any atom is 0.187 e. The largest absolute Gasteiger partial charge is 0.493 e. The summed E-state index contributed by atoms with van der Waals surface area (Å²) in [6.07, 6.45) is 1.74. The smallest absolute Gasteiger partial charge is 0.187 e. The molecule has 0 bridgehead atoms. The fourth-order valence-electron chi connectivity index (χ4n) is 1.49. The van der Waals surface area contributed by atoms with E-state index in [1.165, 1.54) is 0 Å². The molecule has 4 heteroatoms. The van der Waals surface area contributed by atoms with Crippen molar-refractivity contribution in [2.45, 2.75) is 0 Å². The van der Waals surface area contributed by atoms with Crippen LogP contribution in [0.2, 0.25) is 0 Å². The molecule has 1 aromatic carbocycles. The number of benzene rings is 1. The van der Waals surface area contributed by atoms with Crippen molar-refractivity contribution < 1.29 is 9.47 Å². The molecule has 0 spiro atoms. The first-order chi connectivity index (χ1) is 7.26. The molecule has 0 amide bonds. The molecule has 0 saturated carbocycles. The molecule has 2 rings (SSSR count). The van der Waals surface area contributed by atoms with Crippen molar-refractivity contribution in [1.29, 1.82) is 0 Å². The van der Waals surface area contributed by atoms with Crippen LogP contribution in [0.1, 0.15) is 0 Å². The van der Waals surface area contributed by atoms with Gasteiger partial charge in [-0.05, 0) is 34.1 Å². The van der Waals surface area contributed by atoms with Gasteiger partial charge in [-0.15, -0.1) is 0 Å². The number of hydrogen-bond acceptors (Lipinski definition) is 3. The molecule has 15 heavy (non-hydrogen) atoms. The van der Waals surface area contributed by atoms with Gasteiger partial charge < -0.3 is 9.47 Å². The molecule has 2 aromatic rings. The lowest BCUT2D eigenvalue weighted by Crippen LogP contribution is -1.92. The normalized spacial score (nSPS) is 10.3. The summed E-state index contributed by atoms with van der Waals surface area (Å²) < 4.78 is 11.4. The Hall–Kier alpha value is -1.29. The average Bonchev–Trinajstić information content (AvgIpc) is 2.27. The standard InChI is InChI=1S/C11H10BrNO2/c1-14-9-4-3-7-5-8(12)6-13-10(7)11(9)15-2/h3-6H,1-2H3. The molecule has 1 aromatic heterocycles. The topological polar surface area (TPSA) is 31.4 Å². The molecule has 3 nitrogen and oxygen atoms in total. The molecule has 78 valence electrons. The summed E-state index contributed by atoms with van der Waals surface area (Å²) in [5.74, 6) is 1.36. The van der Waals surface area contributed by atoms with Gasteiger partial charge in [0, 0.05) is 16.1 Å². The van der Waals surface area contributed by atoms with E-state index < -0.39 is 0 Å². The Morgan fingerprint density at radius 3 is 2.67 bits per heavy atom. The number of methoxy groups -OCH3 is 2. The van der Waals surface area contributed by atoms with Crippen LogP contribution >= 0.6 is 15.9 Å². The van der Waals surface area contributed by atoms with Crippen molar-refractivity contribution in [2.24, 2.45) is 0 Å². The molecule has 1 heterocycles. The van der Waals surface area contributed by atoms with Crippen LogP contribution in [0.4, 0.5) is 0 Å². The average molecular weight is 268 g/mol. The minimum absolute atomic E-state index is 0.669. The van der Waals surface area contributed by atoms with E-state index in [1.807, 2.05) is 18.2 Å². The fourth-order valence-corrected chi connectivity index (χ4v) is 1.84. The van der Waals surface area contributed by atoms with Gasteiger partial charge in [0.2, 0.25) is 0 Å². The van der Waals surface area contributed by atoms with Gasteiger partial charge in [-0.2, -0.15) is 0 Å². The van der Waals surface area contributed by atoms with Crippen molar-refractivity contribution in [2.75, 3.05) is 14.2 Å². The summed E-state index contributed by atoms with van der Waals surface area (Å²) in [5, 5.41) is 1.02. The molecule has 0 aliphatic heterocycles. The molecular weight excluding hydrogens is 258 g/mol. The lowest BCUT2D eigenvalue weighted by atomic mass is 10.2. The number of nitrogens with zero attached hydrogens (tertiary/aromatic N) is 1. The van der Waals surface area contributed by atoms with Gasteiger partial charge in [-0.1, -0.05) is 0 Å². The highest BCUT2D eigenvalue weighted by atomic mass is 79.9. The maximum atomic E-state index is 5.29. The second-order valence-electron chi connectivity index (χ2n) is 3.03. The summed E-state index contributed by atoms with van der Waals surface area (Å²) in [7, 11) is 3.23. The number of pyridine rings is 1. The van der Waals surface area contributed by atoms with Crippen molar-refractivity contribution in [1.82, 2.24) is 4.98 Å². The zero-order valence-corrected chi connectivity index (χ0v) is 10.0. The summed E-state index contributed by atoms with van der Waals surface area (Å²) in [6.45, 7) is 0. The van der Waals surface area contributed by atoms with E-state index >= 15 is 0 Å². The Labute approximate surface area is 96.2 Å². The van der Waals surface area contributed by atoms with Crippen LogP contribution in [0.3, 0.4) is 0 Å². The third-order valence-corrected chi connectivity index (χ3v) is 2.59. The maximum absolute atomic E-state index is 5.29. The summed E-state index contributed by atoms with van der Waals surface area (Å²) in [6, 6.07) is 5.81. The highest BCUT2D eigenvalue weighted by Crippen LogP contribution is 2.34. The quantitative estimate of drug-likeness (QED) is 0.838. The van der Waals surface area contributed by atoms with E-state index in [4.69, 9.17) is 9.47 Å². The molecule has 0 fully saturated rings. The van der Waals surface area contributed by atoms with E-state index in [1.54, 1.807) is 20.4 Å². The van der Waals surface area contributed by atoms with Crippen molar-refractivity contribution in [3.8, 4) is 11.5 Å². The van der Waals surface area contributed by atoms with E-state index in [0.29, 0.717) is 11.5 Å². The molecular formula is C11H10BrNO2. The third kappa shape index (κ3) is 1.77. The second kappa shape index (κ2) is 4.06. The molecule has 0 radical (unpaired) electrons. The van der Waals surface area contributed by atoms with Crippen LogP contribution in [-0.4, -0.2) is 19.2 Å². The zero-order valence-electron chi connectivity index (χ0n) is 8.45. The Kier molecular flexibility index (Phi) is 2.77. The fraction of sp³-hybridized carbons (Fsp3) is 0.182. The van der Waals surface area contributed by atoms with E-state index in [2.05, 4.69) is 20.9 Å². The Morgan fingerprint density at radius 2 is 2.00 bits per heavy atom. The number of ether oxygens (including phenoxy) is 2. The zero-order chi connectivity index (χ0) is 10.8. The SMILES string of the molecule is COc1ccc2cc(Br)cnc2c1OC. The Morgan fingerprint density at radius 1 is 1.20 bits per heavy atom. The van der Waals surface area contributed by atoms with Crippen molar-refractivity contribution in [3.63, 3.8) is 0 Å². The van der Waals surface area contributed by atoms with Gasteiger partial charge in [0.05, 0.1) is 14.2 Å². The van der Waals surface area contributed by atoms with E-state index in [-0.39, 0.29) is 0 Å². The van der Waals surface area contributed by atoms with Crippen LogP contribution < -0.4 is 9.47 Å². The lowest BCUT2D eigenvalue weighted by molar-refractivity contribution is 0.358. The van der Waals surface area contributed by atoms with Crippen LogP contribution in [-0.2, 0) is 0 Å². The van der Waals surface area contributed by atoms with Crippen LogP contribution in [0, 0.1) is 0 Å². The van der Waals surface area contributed by atoms with Gasteiger partial charge >= 0.3 is 0 Å². The highest BCUT2D eigenvalue weighted by Gasteiger charge is 2.09. The Balaban J connectivity index is 2.76. The predicted octanol–water partition coefficient (Wildman–Crippen LogP) is 3.01. The first-order valence-electron chi connectivity index (χ1n) is 4.42. The third-order valence-electron chi connectivity index (χ3n) is 2.16. The first-order valence-corrected chi connectivity index (χ1v) is 5.22. The summed E-state index contributed by atoms with van der Waals surface area (Å²) in [5.41, 5.74) is 0.806. The summed E-state index contributed by atoms with van der Waals surface area (Å²) >= 11 is 3.38. The number of hydrogen-bond donors (Lipinski definition) is 0. The highest BCUT2D eigenvalue weighted by molar-refractivity contribution is 9.10. The molecule has 0 aliphatic rings. The second-order valence-corrected chi connectivity index (χ2v) is 3.94. The lowest BCUT2D eigenvalue weighted by Gasteiger charge is -2.09. The van der Waals surface area contributed by atoms with Gasteiger partial charge in [0.15, 0.2) is 11.5 Å². The van der Waals surface area contributed by atoms with Gasteiger partial charge in [0.1, 0.15) is 5.52 Å². The number of halogens is 1. The van der Waals surface area contributed by atoms with Gasteiger partial charge in [0.25, 0.3) is 0 Å². The minimum Gasteiger partial charge on any atom is -0.493 e. The van der Waals surface area contributed by atoms with E-state index in [9.17, 15) is 0 Å². The Bertz CT molecular complexity index is 499. The molecule has 0 atom stereocenters. The van der Waals surface area contributed by atoms with Crippen molar-refractivity contribution >= 4 is 26.8 Å². The van der Waals surface area contributed by atoms with Gasteiger partial charge in [-0.25, -0.2) is 0 Å². The minimum atomic E-state index is 0.669. The van der Waals surface area contributed by atoms with Crippen LogP contribution in [0.15, 0.2) is 28.9 Å². The predicted molar refractivity (Wildman–Crippen MR) is 62.5 cm³/mol. The number of rotatable bonds is 2. The summed E-state index contributed by atoms with van der Waals surface area (Å²) in [4.78, 5) is 4.31. The van der Waals surface area contributed by atoms with Crippen molar-refractivity contribution in [3.05, 3.63) is 28.9 Å². The number of aromatic nitrogens is 1. The monoisotopic (exact) mass is 267 g/mol. The van der Waals surface area contributed by atoms with Crippen LogP contribution in [0.5, 0.6) is 11.5 Å². The molecule has 0 aliphatic carbocycles. The first kappa shape index (κ1) is 10.2. The van der Waals surface area contributed by atoms with Gasteiger partial charge in [-0.3, -0.25) is 4.98 Å². The molecule has 0 N–H and O–H groups in total. The molecule has 0 saturated heterocycles. The van der Waals surface area contributed by atoms with E-state index in [0.717, 1.165) is 15.4 Å². The molecule has 0 unspecified atom stereocenters.